The van der Waals surface area contributed by atoms with Crippen LogP contribution >= 0.6 is 0 Å². The van der Waals surface area contributed by atoms with Crippen molar-refractivity contribution in [2.45, 2.75) is 20.8 Å². The van der Waals surface area contributed by atoms with E-state index in [0.29, 0.717) is 28.4 Å². The fourth-order valence-corrected chi connectivity index (χ4v) is 3.68. The zero-order chi connectivity index (χ0) is 22.0. The summed E-state index contributed by atoms with van der Waals surface area (Å²) >= 11 is 0. The molecule has 2 aromatic rings. The van der Waals surface area contributed by atoms with Crippen molar-refractivity contribution in [3.8, 4) is 11.5 Å². The van der Waals surface area contributed by atoms with Gasteiger partial charge >= 0.3 is 5.97 Å². The number of nitrogens with zero attached hydrogens (tertiary/aromatic N) is 1. The minimum atomic E-state index is -0.569. The van der Waals surface area contributed by atoms with Crippen molar-refractivity contribution in [1.82, 2.24) is 0 Å². The number of rotatable bonds is 5. The Morgan fingerprint density at radius 1 is 0.933 bits per heavy atom. The largest absolute Gasteiger partial charge is 0.497 e. The van der Waals surface area contributed by atoms with E-state index in [0.717, 1.165) is 11.1 Å². The molecule has 0 atom stereocenters. The van der Waals surface area contributed by atoms with Gasteiger partial charge in [-0.25, -0.2) is 4.79 Å². The average molecular weight is 407 g/mol. The predicted molar refractivity (Wildman–Crippen MR) is 116 cm³/mol. The number of carbonyl (C=O) groups is 2. The molecule has 1 aliphatic heterocycles. The fraction of sp³-hybridized carbons (Fsp3) is 0.250. The van der Waals surface area contributed by atoms with Crippen LogP contribution in [0.4, 0.5) is 5.69 Å². The van der Waals surface area contributed by atoms with Crippen LogP contribution in [-0.2, 0) is 14.3 Å². The highest BCUT2D eigenvalue weighted by molar-refractivity contribution is 6.24. The minimum Gasteiger partial charge on any atom is -0.497 e. The van der Waals surface area contributed by atoms with Crippen LogP contribution in [0.25, 0.3) is 6.08 Å². The number of benzene rings is 2. The molecule has 2 aromatic carbocycles. The van der Waals surface area contributed by atoms with Crippen LogP contribution in [0.3, 0.4) is 0 Å². The molecule has 1 aliphatic rings. The van der Waals surface area contributed by atoms with E-state index in [2.05, 4.69) is 0 Å². The molecule has 0 spiro atoms. The van der Waals surface area contributed by atoms with Gasteiger partial charge in [0, 0.05) is 16.9 Å². The van der Waals surface area contributed by atoms with Crippen LogP contribution in [0.15, 0.2) is 53.2 Å². The minimum absolute atomic E-state index is 0.228. The van der Waals surface area contributed by atoms with Crippen LogP contribution in [0.5, 0.6) is 11.5 Å². The Morgan fingerprint density at radius 3 is 2.17 bits per heavy atom. The Kier molecular flexibility index (Phi) is 5.96. The molecule has 156 valence electrons. The lowest BCUT2D eigenvalue weighted by atomic mass is 10.0. The number of methoxy groups -OCH3 is 3. The van der Waals surface area contributed by atoms with Gasteiger partial charge in [-0.15, -0.1) is 0 Å². The van der Waals surface area contributed by atoms with E-state index in [-0.39, 0.29) is 17.1 Å². The number of amides is 1. The molecule has 0 bridgehead atoms. The summed E-state index contributed by atoms with van der Waals surface area (Å²) in [4.78, 5) is 27.6. The van der Waals surface area contributed by atoms with Gasteiger partial charge in [0.05, 0.1) is 32.5 Å². The van der Waals surface area contributed by atoms with Gasteiger partial charge in [-0.2, -0.15) is 0 Å². The van der Waals surface area contributed by atoms with Gasteiger partial charge in [0.25, 0.3) is 5.91 Å². The molecule has 0 saturated carbocycles. The van der Waals surface area contributed by atoms with Gasteiger partial charge in [0.1, 0.15) is 11.5 Å². The van der Waals surface area contributed by atoms with E-state index in [1.165, 1.54) is 7.11 Å². The standard InChI is InChI=1S/C24H25NO5/c1-14-9-15(2)11-18(10-14)25-16(3)22(24(27)30-6)20(23(25)26)13-17-12-19(28-4)7-8-21(17)29-5/h7-13H,1-6H3/b20-13-. The topological polar surface area (TPSA) is 65.1 Å². The van der Waals surface area contributed by atoms with Gasteiger partial charge in [-0.1, -0.05) is 6.07 Å². The highest BCUT2D eigenvalue weighted by Gasteiger charge is 2.38. The molecule has 6 heteroatoms. The van der Waals surface area contributed by atoms with Crippen LogP contribution in [0.2, 0.25) is 0 Å². The van der Waals surface area contributed by atoms with E-state index in [9.17, 15) is 9.59 Å². The Hall–Kier alpha value is -3.54. The molecule has 0 saturated heterocycles. The van der Waals surface area contributed by atoms with Crippen molar-refractivity contribution in [2.24, 2.45) is 0 Å². The first-order valence-electron chi connectivity index (χ1n) is 9.46. The molecular weight excluding hydrogens is 382 g/mol. The average Bonchev–Trinajstić information content (AvgIpc) is 2.96. The van der Waals surface area contributed by atoms with Crippen LogP contribution < -0.4 is 14.4 Å². The molecular formula is C24H25NO5. The van der Waals surface area contributed by atoms with Gasteiger partial charge in [-0.3, -0.25) is 9.69 Å². The summed E-state index contributed by atoms with van der Waals surface area (Å²) in [5, 5.41) is 0. The highest BCUT2D eigenvalue weighted by atomic mass is 16.5. The van der Waals surface area contributed by atoms with Crippen LogP contribution in [-0.4, -0.2) is 33.2 Å². The Labute approximate surface area is 176 Å². The molecule has 0 unspecified atom stereocenters. The lowest BCUT2D eigenvalue weighted by Gasteiger charge is -2.19. The number of esters is 1. The van der Waals surface area contributed by atoms with E-state index >= 15 is 0 Å². The van der Waals surface area contributed by atoms with Crippen molar-refractivity contribution in [2.75, 3.05) is 26.2 Å². The number of hydrogen-bond acceptors (Lipinski definition) is 5. The quantitative estimate of drug-likeness (QED) is 0.549. The zero-order valence-corrected chi connectivity index (χ0v) is 18.0. The summed E-state index contributed by atoms with van der Waals surface area (Å²) in [6, 6.07) is 11.1. The second kappa shape index (κ2) is 8.45. The molecule has 0 fully saturated rings. The molecule has 30 heavy (non-hydrogen) atoms. The van der Waals surface area contributed by atoms with Crippen LogP contribution in [0, 0.1) is 13.8 Å². The Bertz CT molecular complexity index is 1060. The number of ether oxygens (including phenoxy) is 3. The first-order chi connectivity index (χ1) is 14.3. The van der Waals surface area contributed by atoms with Crippen molar-refractivity contribution in [3.05, 3.63) is 69.9 Å². The molecule has 0 aliphatic carbocycles. The molecule has 0 N–H and O–H groups in total. The summed E-state index contributed by atoms with van der Waals surface area (Å²) in [6.07, 6.45) is 1.64. The number of hydrogen-bond donors (Lipinski definition) is 0. The highest BCUT2D eigenvalue weighted by Crippen LogP contribution is 2.37. The summed E-state index contributed by atoms with van der Waals surface area (Å²) in [5.41, 5.74) is 4.37. The van der Waals surface area contributed by atoms with E-state index in [1.807, 2.05) is 32.0 Å². The van der Waals surface area contributed by atoms with Crippen molar-refractivity contribution >= 4 is 23.6 Å². The number of carbonyl (C=O) groups excluding carboxylic acids is 2. The summed E-state index contributed by atoms with van der Waals surface area (Å²) in [6.45, 7) is 5.68. The van der Waals surface area contributed by atoms with Gasteiger partial charge in [0.2, 0.25) is 0 Å². The lowest BCUT2D eigenvalue weighted by Crippen LogP contribution is -2.24. The summed E-state index contributed by atoms with van der Waals surface area (Å²) in [7, 11) is 4.41. The predicted octanol–water partition coefficient (Wildman–Crippen LogP) is 4.20. The Balaban J connectivity index is 2.21. The second-order valence-corrected chi connectivity index (χ2v) is 7.10. The summed E-state index contributed by atoms with van der Waals surface area (Å²) < 4.78 is 15.7. The zero-order valence-electron chi connectivity index (χ0n) is 18.0. The maximum Gasteiger partial charge on any atom is 0.340 e. The van der Waals surface area contributed by atoms with E-state index in [1.54, 1.807) is 50.3 Å². The maximum absolute atomic E-state index is 13.5. The van der Waals surface area contributed by atoms with Crippen molar-refractivity contribution in [1.29, 1.82) is 0 Å². The molecule has 1 amide bonds. The first-order valence-corrected chi connectivity index (χ1v) is 9.46. The molecule has 1 heterocycles. The van der Waals surface area contributed by atoms with Gasteiger partial charge in [-0.05, 0) is 68.3 Å². The van der Waals surface area contributed by atoms with E-state index in [4.69, 9.17) is 14.2 Å². The third-order valence-electron chi connectivity index (χ3n) is 4.99. The summed E-state index contributed by atoms with van der Waals surface area (Å²) in [5.74, 6) is 0.297. The van der Waals surface area contributed by atoms with Gasteiger partial charge < -0.3 is 14.2 Å². The molecule has 0 aromatic heterocycles. The second-order valence-electron chi connectivity index (χ2n) is 7.10. The first kappa shape index (κ1) is 21.2. The van der Waals surface area contributed by atoms with E-state index < -0.39 is 5.97 Å². The van der Waals surface area contributed by atoms with Crippen molar-refractivity contribution < 1.29 is 23.8 Å². The van der Waals surface area contributed by atoms with Crippen LogP contribution in [0.1, 0.15) is 23.6 Å². The molecule has 0 radical (unpaired) electrons. The number of anilines is 1. The SMILES string of the molecule is COC(=O)C1=C(C)N(c2cc(C)cc(C)c2)C(=O)/C1=C\c1cc(OC)ccc1OC. The molecule has 6 nitrogen and oxygen atoms in total. The monoisotopic (exact) mass is 407 g/mol. The smallest absolute Gasteiger partial charge is 0.340 e. The lowest BCUT2D eigenvalue weighted by molar-refractivity contribution is -0.136. The normalized spacial score (nSPS) is 15.1. The number of aryl methyl sites for hydroxylation is 2. The fourth-order valence-electron chi connectivity index (χ4n) is 3.68. The third-order valence-corrected chi connectivity index (χ3v) is 4.99. The third kappa shape index (κ3) is 3.81. The number of allylic oxidation sites excluding steroid dienone is 1. The Morgan fingerprint density at radius 2 is 1.60 bits per heavy atom. The maximum atomic E-state index is 13.5. The molecule has 3 rings (SSSR count). The van der Waals surface area contributed by atoms with Gasteiger partial charge in [0.15, 0.2) is 0 Å². The van der Waals surface area contributed by atoms with Crippen molar-refractivity contribution in [3.63, 3.8) is 0 Å².